The Labute approximate surface area is 195 Å². The normalized spacial score (nSPS) is 14.8. The molecule has 1 amide bonds. The number of hydrogen-bond acceptors (Lipinski definition) is 3. The fourth-order valence-corrected chi connectivity index (χ4v) is 3.31. The number of hydrogen-bond donors (Lipinski definition) is 4. The molecule has 0 aromatic heterocycles. The second kappa shape index (κ2) is 12.5. The first-order valence-electron chi connectivity index (χ1n) is 10.2. The van der Waals surface area contributed by atoms with Crippen molar-refractivity contribution in [2.45, 2.75) is 31.7 Å². The molecule has 3 rings (SSSR count). The Hall–Kier alpha value is -2.13. The third-order valence-corrected chi connectivity index (χ3v) is 5.36. The highest BCUT2D eigenvalue weighted by molar-refractivity contribution is 14.0. The molecule has 4 N–H and O–H groups in total. The average Bonchev–Trinajstić information content (AvgIpc) is 2.70. The topological polar surface area (TPSA) is 85.8 Å². The molecule has 0 radical (unpaired) electrons. The van der Waals surface area contributed by atoms with Gasteiger partial charge in [0.2, 0.25) is 5.91 Å². The minimum absolute atomic E-state index is 0. The lowest BCUT2D eigenvalue weighted by Crippen LogP contribution is -2.39. The van der Waals surface area contributed by atoms with E-state index in [1.165, 1.54) is 0 Å². The van der Waals surface area contributed by atoms with Crippen LogP contribution in [0.2, 0.25) is 0 Å². The van der Waals surface area contributed by atoms with Crippen LogP contribution in [0.25, 0.3) is 0 Å². The number of halogens is 1. The molecule has 1 aliphatic rings. The lowest BCUT2D eigenvalue weighted by Gasteiger charge is -2.24. The van der Waals surface area contributed by atoms with Crippen LogP contribution in [0, 0.1) is 5.92 Å². The SMILES string of the molecule is CN=C(NCc1cccc(NC(=O)C2CCC2)c1)NCC(CO)c1ccccc1.I. The average molecular weight is 522 g/mol. The molecule has 30 heavy (non-hydrogen) atoms. The van der Waals surface area contributed by atoms with E-state index in [1.807, 2.05) is 54.6 Å². The summed E-state index contributed by atoms with van der Waals surface area (Å²) >= 11 is 0. The van der Waals surface area contributed by atoms with Gasteiger partial charge in [-0.2, -0.15) is 0 Å². The van der Waals surface area contributed by atoms with Gasteiger partial charge in [-0.25, -0.2) is 0 Å². The highest BCUT2D eigenvalue weighted by Crippen LogP contribution is 2.27. The summed E-state index contributed by atoms with van der Waals surface area (Å²) in [6, 6.07) is 17.8. The number of nitrogens with one attached hydrogen (secondary N) is 3. The third kappa shape index (κ3) is 6.98. The van der Waals surface area contributed by atoms with Gasteiger partial charge in [-0.15, -0.1) is 24.0 Å². The minimum atomic E-state index is -0.000189. The van der Waals surface area contributed by atoms with E-state index < -0.39 is 0 Å². The van der Waals surface area contributed by atoms with Gasteiger partial charge in [0.05, 0.1) is 6.61 Å². The summed E-state index contributed by atoms with van der Waals surface area (Å²) in [6.45, 7) is 1.23. The summed E-state index contributed by atoms with van der Waals surface area (Å²) in [4.78, 5) is 16.4. The molecular weight excluding hydrogens is 491 g/mol. The predicted molar refractivity (Wildman–Crippen MR) is 132 cm³/mol. The van der Waals surface area contributed by atoms with Crippen molar-refractivity contribution in [3.8, 4) is 0 Å². The molecule has 2 aromatic rings. The zero-order chi connectivity index (χ0) is 20.5. The highest BCUT2D eigenvalue weighted by Gasteiger charge is 2.25. The zero-order valence-electron chi connectivity index (χ0n) is 17.3. The zero-order valence-corrected chi connectivity index (χ0v) is 19.6. The number of aliphatic imine (C=N–C) groups is 1. The Balaban J connectivity index is 0.00000320. The number of benzene rings is 2. The predicted octanol–water partition coefficient (Wildman–Crippen LogP) is 3.48. The molecule has 162 valence electrons. The van der Waals surface area contributed by atoms with E-state index in [0.29, 0.717) is 19.0 Å². The van der Waals surface area contributed by atoms with E-state index >= 15 is 0 Å². The van der Waals surface area contributed by atoms with E-state index in [-0.39, 0.29) is 48.3 Å². The van der Waals surface area contributed by atoms with Crippen LogP contribution in [0.1, 0.15) is 36.3 Å². The van der Waals surface area contributed by atoms with Gasteiger partial charge in [0.25, 0.3) is 0 Å². The molecule has 0 spiro atoms. The monoisotopic (exact) mass is 522 g/mol. The van der Waals surface area contributed by atoms with Crippen LogP contribution in [0.4, 0.5) is 5.69 Å². The van der Waals surface area contributed by atoms with Gasteiger partial charge in [0.15, 0.2) is 5.96 Å². The van der Waals surface area contributed by atoms with Crippen molar-refractivity contribution in [1.29, 1.82) is 0 Å². The molecule has 6 nitrogen and oxygen atoms in total. The minimum Gasteiger partial charge on any atom is -0.396 e. The van der Waals surface area contributed by atoms with E-state index in [2.05, 4.69) is 20.9 Å². The third-order valence-electron chi connectivity index (χ3n) is 5.36. The molecule has 7 heteroatoms. The standard InChI is InChI=1S/C23H30N4O2.HI/c1-24-23(26-15-20(16-28)18-8-3-2-4-9-18)25-14-17-7-5-12-21(13-17)27-22(29)19-10-6-11-19;/h2-5,7-9,12-13,19-20,28H,6,10-11,14-16H2,1H3,(H,27,29)(H2,24,25,26);1H. The van der Waals surface area contributed by atoms with Gasteiger partial charge in [0.1, 0.15) is 0 Å². The van der Waals surface area contributed by atoms with Gasteiger partial charge in [-0.1, -0.05) is 48.9 Å². The fraction of sp³-hybridized carbons (Fsp3) is 0.391. The second-order valence-corrected chi connectivity index (χ2v) is 7.41. The number of nitrogens with zero attached hydrogens (tertiary/aromatic N) is 1. The van der Waals surface area contributed by atoms with Gasteiger partial charge in [-0.05, 0) is 36.1 Å². The first-order chi connectivity index (χ1) is 14.2. The van der Waals surface area contributed by atoms with E-state index in [9.17, 15) is 9.90 Å². The Kier molecular flexibility index (Phi) is 10.1. The lowest BCUT2D eigenvalue weighted by atomic mass is 9.85. The fourth-order valence-electron chi connectivity index (χ4n) is 3.31. The molecule has 2 aromatic carbocycles. The largest absolute Gasteiger partial charge is 0.396 e. The van der Waals surface area contributed by atoms with Gasteiger partial charge in [0, 0.05) is 37.7 Å². The quantitative estimate of drug-likeness (QED) is 0.243. The van der Waals surface area contributed by atoms with Crippen LogP contribution < -0.4 is 16.0 Å². The highest BCUT2D eigenvalue weighted by atomic mass is 127. The maximum absolute atomic E-state index is 12.1. The first-order valence-corrected chi connectivity index (χ1v) is 10.2. The van der Waals surface area contributed by atoms with E-state index in [0.717, 1.165) is 36.1 Å². The maximum atomic E-state index is 12.1. The smallest absolute Gasteiger partial charge is 0.227 e. The summed E-state index contributed by atoms with van der Waals surface area (Å²) in [6.07, 6.45) is 3.13. The van der Waals surface area contributed by atoms with Crippen LogP contribution >= 0.6 is 24.0 Å². The summed E-state index contributed by atoms with van der Waals surface area (Å²) in [7, 11) is 1.72. The van der Waals surface area contributed by atoms with Crippen LogP contribution in [0.15, 0.2) is 59.6 Å². The summed E-state index contributed by atoms with van der Waals surface area (Å²) in [5, 5.41) is 19.3. The summed E-state index contributed by atoms with van der Waals surface area (Å²) in [5.74, 6) is 0.960. The van der Waals surface area contributed by atoms with Crippen molar-refractivity contribution < 1.29 is 9.90 Å². The molecule has 1 atom stereocenters. The van der Waals surface area contributed by atoms with E-state index in [1.54, 1.807) is 7.05 Å². The van der Waals surface area contributed by atoms with Crippen molar-refractivity contribution in [1.82, 2.24) is 10.6 Å². The molecular formula is C23H31IN4O2. The first kappa shape index (κ1) is 24.1. The van der Waals surface area contributed by atoms with Crippen LogP contribution in [0.5, 0.6) is 0 Å². The molecule has 0 aliphatic heterocycles. The number of carbonyl (C=O) groups is 1. The number of anilines is 1. The summed E-state index contributed by atoms with van der Waals surface area (Å²) < 4.78 is 0. The number of carbonyl (C=O) groups excluding carboxylic acids is 1. The van der Waals surface area contributed by atoms with Gasteiger partial charge < -0.3 is 21.1 Å². The van der Waals surface area contributed by atoms with Crippen molar-refractivity contribution >= 4 is 41.5 Å². The van der Waals surface area contributed by atoms with Crippen molar-refractivity contribution in [2.75, 3.05) is 25.5 Å². The summed E-state index contributed by atoms with van der Waals surface area (Å²) in [5.41, 5.74) is 2.97. The number of amides is 1. The van der Waals surface area contributed by atoms with Gasteiger partial charge in [-0.3, -0.25) is 9.79 Å². The Morgan fingerprint density at radius 3 is 2.53 bits per heavy atom. The van der Waals surface area contributed by atoms with Crippen LogP contribution in [-0.2, 0) is 11.3 Å². The van der Waals surface area contributed by atoms with E-state index in [4.69, 9.17) is 0 Å². The van der Waals surface area contributed by atoms with Crippen LogP contribution in [0.3, 0.4) is 0 Å². The molecule has 1 saturated carbocycles. The molecule has 1 unspecified atom stereocenters. The number of guanidine groups is 1. The molecule has 0 saturated heterocycles. The molecule has 0 heterocycles. The number of aliphatic hydroxyl groups excluding tert-OH is 1. The van der Waals surface area contributed by atoms with Crippen molar-refractivity contribution in [3.63, 3.8) is 0 Å². The lowest BCUT2D eigenvalue weighted by molar-refractivity contribution is -0.122. The molecule has 0 bridgehead atoms. The Morgan fingerprint density at radius 2 is 1.90 bits per heavy atom. The molecule has 1 aliphatic carbocycles. The number of rotatable bonds is 8. The Morgan fingerprint density at radius 1 is 1.13 bits per heavy atom. The Bertz CT molecular complexity index is 825. The number of aliphatic hydroxyl groups is 1. The van der Waals surface area contributed by atoms with Crippen molar-refractivity contribution in [2.24, 2.45) is 10.9 Å². The maximum Gasteiger partial charge on any atom is 0.227 e. The van der Waals surface area contributed by atoms with Gasteiger partial charge >= 0.3 is 0 Å². The van der Waals surface area contributed by atoms with Crippen molar-refractivity contribution in [3.05, 3.63) is 65.7 Å². The molecule has 1 fully saturated rings. The second-order valence-electron chi connectivity index (χ2n) is 7.41. The van der Waals surface area contributed by atoms with Crippen LogP contribution in [-0.4, -0.2) is 37.2 Å².